The van der Waals surface area contributed by atoms with Crippen molar-refractivity contribution in [3.8, 4) is 11.5 Å². The van der Waals surface area contributed by atoms with Gasteiger partial charge in [-0.3, -0.25) is 0 Å². The molecule has 3 heteroatoms. The van der Waals surface area contributed by atoms with Gasteiger partial charge in [0.1, 0.15) is 11.5 Å². The van der Waals surface area contributed by atoms with Crippen LogP contribution in [0, 0.1) is 20.8 Å². The van der Waals surface area contributed by atoms with Gasteiger partial charge in [0.15, 0.2) is 0 Å². The van der Waals surface area contributed by atoms with Gasteiger partial charge in [0.2, 0.25) is 0 Å². The van der Waals surface area contributed by atoms with Gasteiger partial charge in [-0.25, -0.2) is 0 Å². The maximum atomic E-state index is 5.78. The van der Waals surface area contributed by atoms with Crippen LogP contribution in [-0.4, -0.2) is 14.2 Å². The molecule has 0 radical (unpaired) electrons. The average Bonchev–Trinajstić information content (AvgIpc) is 2.60. The highest BCUT2D eigenvalue weighted by atomic mass is 35.5. The second-order valence-electron chi connectivity index (χ2n) is 6.22. The lowest BCUT2D eigenvalue weighted by Crippen LogP contribution is -1.95. The van der Waals surface area contributed by atoms with E-state index < -0.39 is 0 Å². The molecule has 0 amide bonds. The van der Waals surface area contributed by atoms with Crippen LogP contribution in [0.2, 0.25) is 0 Å². The number of aryl methyl sites for hydroxylation is 5. The highest BCUT2D eigenvalue weighted by Gasteiger charge is 2.06. The zero-order valence-electron chi connectivity index (χ0n) is 16.6. The topological polar surface area (TPSA) is 18.5 Å². The fourth-order valence-corrected chi connectivity index (χ4v) is 3.31. The third-order valence-corrected chi connectivity index (χ3v) is 4.54. The van der Waals surface area contributed by atoms with E-state index in [4.69, 9.17) is 21.1 Å². The molecule has 2 aromatic carbocycles. The third-order valence-electron chi connectivity index (χ3n) is 4.23. The van der Waals surface area contributed by atoms with Gasteiger partial charge in [0, 0.05) is 5.88 Å². The summed E-state index contributed by atoms with van der Waals surface area (Å²) in [6, 6.07) is 8.52. The molecule has 0 N–H and O–H groups in total. The number of hydrogen-bond donors (Lipinski definition) is 0. The highest BCUT2D eigenvalue weighted by molar-refractivity contribution is 6.17. The third kappa shape index (κ3) is 5.67. The molecular formula is C22H31ClO2. The SMILES string of the molecule is CCc1cc(C)cc(C)c1OC.CCc1cc(CCl)cc(C)c1OC. The van der Waals surface area contributed by atoms with Crippen molar-refractivity contribution in [1.29, 1.82) is 0 Å². The minimum Gasteiger partial charge on any atom is -0.496 e. The Balaban J connectivity index is 0.000000251. The number of methoxy groups -OCH3 is 2. The van der Waals surface area contributed by atoms with Crippen LogP contribution in [0.3, 0.4) is 0 Å². The van der Waals surface area contributed by atoms with Crippen LogP contribution < -0.4 is 9.47 Å². The molecule has 0 bridgehead atoms. The fraction of sp³-hybridized carbons (Fsp3) is 0.455. The number of ether oxygens (including phenoxy) is 2. The summed E-state index contributed by atoms with van der Waals surface area (Å²) in [7, 11) is 3.44. The van der Waals surface area contributed by atoms with Gasteiger partial charge in [-0.05, 0) is 61.4 Å². The maximum Gasteiger partial charge on any atom is 0.124 e. The Bertz CT molecular complexity index is 693. The smallest absolute Gasteiger partial charge is 0.124 e. The van der Waals surface area contributed by atoms with Crippen molar-refractivity contribution >= 4 is 11.6 Å². The summed E-state index contributed by atoms with van der Waals surface area (Å²) in [5, 5.41) is 0. The van der Waals surface area contributed by atoms with E-state index in [2.05, 4.69) is 52.0 Å². The summed E-state index contributed by atoms with van der Waals surface area (Å²) >= 11 is 5.78. The molecule has 0 fully saturated rings. The summed E-state index contributed by atoms with van der Waals surface area (Å²) in [6.07, 6.45) is 2.01. The van der Waals surface area contributed by atoms with Crippen LogP contribution in [0.5, 0.6) is 11.5 Å². The molecule has 0 aliphatic carbocycles. The Labute approximate surface area is 158 Å². The first-order chi connectivity index (χ1) is 11.9. The van der Waals surface area contributed by atoms with E-state index in [-0.39, 0.29) is 0 Å². The Morgan fingerprint density at radius 2 is 1.24 bits per heavy atom. The zero-order valence-corrected chi connectivity index (χ0v) is 17.4. The Morgan fingerprint density at radius 1 is 0.760 bits per heavy atom. The van der Waals surface area contributed by atoms with Crippen LogP contribution >= 0.6 is 11.6 Å². The molecule has 2 nitrogen and oxygen atoms in total. The van der Waals surface area contributed by atoms with Gasteiger partial charge in [0.25, 0.3) is 0 Å². The van der Waals surface area contributed by atoms with E-state index in [0.717, 1.165) is 35.5 Å². The van der Waals surface area contributed by atoms with Crippen molar-refractivity contribution in [3.05, 3.63) is 57.6 Å². The molecule has 0 aliphatic heterocycles. The van der Waals surface area contributed by atoms with Crippen LogP contribution in [0.15, 0.2) is 24.3 Å². The number of alkyl halides is 1. The summed E-state index contributed by atoms with van der Waals surface area (Å²) in [5.41, 5.74) is 7.40. The monoisotopic (exact) mass is 362 g/mol. The van der Waals surface area contributed by atoms with Crippen molar-refractivity contribution in [1.82, 2.24) is 0 Å². The standard InChI is InChI=1S/C11H15ClO.C11H16O/c1-4-10-6-9(7-12)5-8(2)11(10)13-3;1-5-10-7-8(2)6-9(3)11(10)12-4/h5-6H,4,7H2,1-3H3;6-7H,5H2,1-4H3. The van der Waals surface area contributed by atoms with E-state index >= 15 is 0 Å². The van der Waals surface area contributed by atoms with Crippen molar-refractivity contribution < 1.29 is 9.47 Å². The minimum atomic E-state index is 0.567. The maximum absolute atomic E-state index is 5.78. The zero-order chi connectivity index (χ0) is 19.0. The van der Waals surface area contributed by atoms with Crippen molar-refractivity contribution in [2.24, 2.45) is 0 Å². The summed E-state index contributed by atoms with van der Waals surface area (Å²) in [4.78, 5) is 0. The van der Waals surface area contributed by atoms with Gasteiger partial charge in [-0.2, -0.15) is 0 Å². The predicted octanol–water partition coefficient (Wildman–Crippen LogP) is 6.18. The lowest BCUT2D eigenvalue weighted by Gasteiger charge is -2.11. The predicted molar refractivity (Wildman–Crippen MR) is 109 cm³/mol. The molecule has 0 spiro atoms. The quantitative estimate of drug-likeness (QED) is 0.591. The van der Waals surface area contributed by atoms with Crippen LogP contribution in [0.25, 0.3) is 0 Å². The Hall–Kier alpha value is -1.67. The van der Waals surface area contributed by atoms with Crippen molar-refractivity contribution in [2.45, 2.75) is 53.3 Å². The van der Waals surface area contributed by atoms with E-state index in [1.54, 1.807) is 14.2 Å². The van der Waals surface area contributed by atoms with Gasteiger partial charge < -0.3 is 9.47 Å². The van der Waals surface area contributed by atoms with Gasteiger partial charge in [-0.1, -0.05) is 43.7 Å². The van der Waals surface area contributed by atoms with Crippen molar-refractivity contribution in [2.75, 3.05) is 14.2 Å². The summed E-state index contributed by atoms with van der Waals surface area (Å²) in [5.74, 6) is 2.61. The number of benzene rings is 2. The lowest BCUT2D eigenvalue weighted by atomic mass is 10.0. The molecular weight excluding hydrogens is 332 g/mol. The number of rotatable bonds is 5. The molecule has 0 unspecified atom stereocenters. The van der Waals surface area contributed by atoms with E-state index in [0.29, 0.717) is 5.88 Å². The molecule has 138 valence electrons. The molecule has 0 aliphatic rings. The Kier molecular flexibility index (Phi) is 8.85. The first-order valence-corrected chi connectivity index (χ1v) is 9.31. The average molecular weight is 363 g/mol. The van der Waals surface area contributed by atoms with Crippen LogP contribution in [-0.2, 0) is 18.7 Å². The van der Waals surface area contributed by atoms with Gasteiger partial charge >= 0.3 is 0 Å². The molecule has 0 saturated carbocycles. The highest BCUT2D eigenvalue weighted by Crippen LogP contribution is 2.26. The first-order valence-electron chi connectivity index (χ1n) is 8.78. The van der Waals surface area contributed by atoms with Crippen LogP contribution in [0.1, 0.15) is 47.2 Å². The fourth-order valence-electron chi connectivity index (χ4n) is 3.16. The van der Waals surface area contributed by atoms with E-state index in [9.17, 15) is 0 Å². The molecule has 25 heavy (non-hydrogen) atoms. The number of hydrogen-bond acceptors (Lipinski definition) is 2. The minimum absolute atomic E-state index is 0.567. The van der Waals surface area contributed by atoms with E-state index in [1.807, 2.05) is 6.92 Å². The van der Waals surface area contributed by atoms with Crippen LogP contribution in [0.4, 0.5) is 0 Å². The largest absolute Gasteiger partial charge is 0.496 e. The molecule has 0 heterocycles. The first kappa shape index (κ1) is 21.4. The Morgan fingerprint density at radius 3 is 1.68 bits per heavy atom. The summed E-state index contributed by atoms with van der Waals surface area (Å²) < 4.78 is 10.6. The van der Waals surface area contributed by atoms with Gasteiger partial charge in [-0.15, -0.1) is 11.6 Å². The van der Waals surface area contributed by atoms with E-state index in [1.165, 1.54) is 22.3 Å². The second kappa shape index (κ2) is 10.4. The lowest BCUT2D eigenvalue weighted by molar-refractivity contribution is 0.407. The molecule has 2 rings (SSSR count). The normalized spacial score (nSPS) is 10.1. The summed E-state index contributed by atoms with van der Waals surface area (Å²) in [6.45, 7) is 10.5. The van der Waals surface area contributed by atoms with Crippen molar-refractivity contribution in [3.63, 3.8) is 0 Å². The molecule has 0 aromatic heterocycles. The molecule has 0 atom stereocenters. The molecule has 2 aromatic rings. The number of halogens is 1. The molecule has 0 saturated heterocycles. The van der Waals surface area contributed by atoms with Gasteiger partial charge in [0.05, 0.1) is 14.2 Å². The second-order valence-corrected chi connectivity index (χ2v) is 6.49.